The summed E-state index contributed by atoms with van der Waals surface area (Å²) in [5.74, 6) is -0.357. The van der Waals surface area contributed by atoms with Gasteiger partial charge in [0.1, 0.15) is 0 Å². The van der Waals surface area contributed by atoms with Crippen molar-refractivity contribution in [2.75, 3.05) is 26.1 Å². The van der Waals surface area contributed by atoms with Crippen molar-refractivity contribution in [1.29, 1.82) is 0 Å². The lowest BCUT2D eigenvalue weighted by Gasteiger charge is -2.14. The second-order valence-corrected chi connectivity index (χ2v) is 4.94. The number of methoxy groups -OCH3 is 1. The van der Waals surface area contributed by atoms with E-state index in [0.717, 1.165) is 5.69 Å². The molecule has 4 heteroatoms. The number of carbonyl (C=O) groups excluding carboxylic acids is 1. The quantitative estimate of drug-likeness (QED) is 0.614. The summed E-state index contributed by atoms with van der Waals surface area (Å²) in [5.41, 5.74) is 2.60. The third kappa shape index (κ3) is 6.43. The first-order valence-corrected chi connectivity index (χ1v) is 6.52. The predicted molar refractivity (Wildman–Crippen MR) is 86.7 cm³/mol. The first kappa shape index (κ1) is 18.3. The van der Waals surface area contributed by atoms with E-state index < -0.39 is 0 Å². The number of rotatable bonds is 3. The van der Waals surface area contributed by atoms with E-state index in [1.807, 2.05) is 38.9 Å². The Kier molecular flexibility index (Phi) is 8.41. The highest BCUT2D eigenvalue weighted by Crippen LogP contribution is 2.25. The third-order valence-corrected chi connectivity index (χ3v) is 2.62. The molecule has 0 radical (unpaired) electrons. The van der Waals surface area contributed by atoms with Gasteiger partial charge in [-0.3, -0.25) is 0 Å². The summed E-state index contributed by atoms with van der Waals surface area (Å²) in [7, 11) is 5.08. The molecule has 0 unspecified atom stereocenters. The maximum Gasteiger partial charge on any atom is 0.337 e. The van der Waals surface area contributed by atoms with Crippen molar-refractivity contribution in [3.05, 3.63) is 53.1 Å². The molecule has 0 saturated heterocycles. The maximum absolute atomic E-state index is 11.2. The smallest absolute Gasteiger partial charge is 0.337 e. The van der Waals surface area contributed by atoms with E-state index in [9.17, 15) is 4.79 Å². The van der Waals surface area contributed by atoms with Crippen molar-refractivity contribution >= 4 is 23.3 Å². The first-order valence-electron chi connectivity index (χ1n) is 6.14. The fourth-order valence-corrected chi connectivity index (χ4v) is 1.62. The van der Waals surface area contributed by atoms with Crippen molar-refractivity contribution in [2.24, 2.45) is 0 Å². The molecule has 0 spiro atoms. The zero-order valence-corrected chi connectivity index (χ0v) is 13.5. The van der Waals surface area contributed by atoms with Gasteiger partial charge in [0.15, 0.2) is 0 Å². The Morgan fingerprint density at radius 2 is 1.95 bits per heavy atom. The molecule has 0 N–H and O–H groups in total. The summed E-state index contributed by atoms with van der Waals surface area (Å²) >= 11 is 5.95. The number of ether oxygens (including phenoxy) is 1. The van der Waals surface area contributed by atoms with Crippen molar-refractivity contribution in [3.63, 3.8) is 0 Å². The largest absolute Gasteiger partial charge is 0.465 e. The van der Waals surface area contributed by atoms with Gasteiger partial charge in [-0.1, -0.05) is 35.9 Å². The van der Waals surface area contributed by atoms with Gasteiger partial charge in [0, 0.05) is 14.1 Å². The van der Waals surface area contributed by atoms with Crippen LogP contribution < -0.4 is 4.90 Å². The monoisotopic (exact) mass is 295 g/mol. The number of nitrogens with zero attached hydrogens (tertiary/aromatic N) is 1. The van der Waals surface area contributed by atoms with E-state index in [4.69, 9.17) is 11.6 Å². The molecule has 0 fully saturated rings. The summed E-state index contributed by atoms with van der Waals surface area (Å²) < 4.78 is 4.61. The van der Waals surface area contributed by atoms with Crippen LogP contribution in [0.4, 0.5) is 5.69 Å². The van der Waals surface area contributed by atoms with E-state index in [2.05, 4.69) is 11.3 Å². The van der Waals surface area contributed by atoms with Gasteiger partial charge in [0.2, 0.25) is 0 Å². The Bertz CT molecular complexity index is 489. The standard InChI is InChI=1S/C10H12ClNO2.C6H10/c1-12(2)9-6-7(10(13)14-3)4-5-8(9)11;1-4-5-6(2)3/h4-6H,1-3H3;4-5H,1H2,2-3H3. The molecule has 0 bridgehead atoms. The molecule has 1 aromatic rings. The lowest BCUT2D eigenvalue weighted by molar-refractivity contribution is 0.0601. The molecule has 0 aromatic heterocycles. The number of hydrogen-bond acceptors (Lipinski definition) is 3. The molecule has 3 nitrogen and oxygen atoms in total. The molecule has 1 rings (SSSR count). The first-order chi connectivity index (χ1) is 9.33. The summed E-state index contributed by atoms with van der Waals surface area (Å²) in [6, 6.07) is 5.03. The second kappa shape index (κ2) is 9.21. The van der Waals surface area contributed by atoms with Crippen LogP contribution in [0.25, 0.3) is 0 Å². The number of halogens is 1. The van der Waals surface area contributed by atoms with Gasteiger partial charge >= 0.3 is 5.97 Å². The van der Waals surface area contributed by atoms with E-state index in [0.29, 0.717) is 10.6 Å². The number of benzene rings is 1. The highest BCUT2D eigenvalue weighted by atomic mass is 35.5. The van der Waals surface area contributed by atoms with Crippen molar-refractivity contribution in [3.8, 4) is 0 Å². The van der Waals surface area contributed by atoms with Crippen molar-refractivity contribution in [2.45, 2.75) is 13.8 Å². The zero-order chi connectivity index (χ0) is 15.7. The Labute approximate surface area is 126 Å². The average Bonchev–Trinajstić information content (AvgIpc) is 2.38. The summed E-state index contributed by atoms with van der Waals surface area (Å²) in [4.78, 5) is 13.1. The highest BCUT2D eigenvalue weighted by Gasteiger charge is 2.09. The van der Waals surface area contributed by atoms with Gasteiger partial charge in [0.25, 0.3) is 0 Å². The Morgan fingerprint density at radius 1 is 1.35 bits per heavy atom. The second-order valence-electron chi connectivity index (χ2n) is 4.53. The molecule has 0 amide bonds. The van der Waals surface area contributed by atoms with Crippen LogP contribution in [0, 0.1) is 0 Å². The van der Waals surface area contributed by atoms with Gasteiger partial charge in [0.05, 0.1) is 23.4 Å². The number of carbonyl (C=O) groups is 1. The Balaban J connectivity index is 0.000000511. The summed E-state index contributed by atoms with van der Waals surface area (Å²) in [5, 5.41) is 0.614. The van der Waals surface area contributed by atoms with Crippen LogP contribution in [0.5, 0.6) is 0 Å². The number of allylic oxidation sites excluding steroid dienone is 3. The lowest BCUT2D eigenvalue weighted by Crippen LogP contribution is -2.11. The molecular formula is C16H22ClNO2. The van der Waals surface area contributed by atoms with Crippen LogP contribution in [0.3, 0.4) is 0 Å². The van der Waals surface area contributed by atoms with Crippen LogP contribution in [-0.2, 0) is 4.74 Å². The van der Waals surface area contributed by atoms with E-state index >= 15 is 0 Å². The zero-order valence-electron chi connectivity index (χ0n) is 12.7. The van der Waals surface area contributed by atoms with Gasteiger partial charge < -0.3 is 9.64 Å². The normalized spacial score (nSPS) is 8.90. The number of anilines is 1. The lowest BCUT2D eigenvalue weighted by atomic mass is 10.2. The van der Waals surface area contributed by atoms with Gasteiger partial charge in [-0.05, 0) is 32.0 Å². The molecular weight excluding hydrogens is 274 g/mol. The molecule has 0 aliphatic rings. The molecule has 0 aliphatic carbocycles. The molecule has 0 atom stereocenters. The maximum atomic E-state index is 11.2. The van der Waals surface area contributed by atoms with E-state index in [1.165, 1.54) is 12.7 Å². The summed E-state index contributed by atoms with van der Waals surface area (Å²) in [6.07, 6.45) is 3.76. The minimum atomic E-state index is -0.357. The average molecular weight is 296 g/mol. The highest BCUT2D eigenvalue weighted by molar-refractivity contribution is 6.33. The topological polar surface area (TPSA) is 29.5 Å². The third-order valence-electron chi connectivity index (χ3n) is 2.30. The predicted octanol–water partition coefficient (Wildman–Crippen LogP) is 4.33. The molecule has 20 heavy (non-hydrogen) atoms. The van der Waals surface area contributed by atoms with E-state index in [1.54, 1.807) is 24.3 Å². The number of hydrogen-bond donors (Lipinski definition) is 0. The molecule has 110 valence electrons. The van der Waals surface area contributed by atoms with Crippen molar-refractivity contribution < 1.29 is 9.53 Å². The Hall–Kier alpha value is -1.74. The molecule has 0 heterocycles. The van der Waals surface area contributed by atoms with Crippen molar-refractivity contribution in [1.82, 2.24) is 0 Å². The van der Waals surface area contributed by atoms with Gasteiger partial charge in [-0.2, -0.15) is 0 Å². The fourth-order valence-electron chi connectivity index (χ4n) is 1.34. The van der Waals surface area contributed by atoms with Gasteiger partial charge in [-0.15, -0.1) is 0 Å². The summed E-state index contributed by atoms with van der Waals surface area (Å²) in [6.45, 7) is 7.61. The van der Waals surface area contributed by atoms with Crippen LogP contribution in [-0.4, -0.2) is 27.2 Å². The molecule has 1 aromatic carbocycles. The molecule has 0 saturated carbocycles. The molecule has 0 aliphatic heterocycles. The van der Waals surface area contributed by atoms with Crippen LogP contribution in [0.15, 0.2) is 42.5 Å². The SMILES string of the molecule is C=CC=C(C)C.COC(=O)c1ccc(Cl)c(N(C)C)c1. The Morgan fingerprint density at radius 3 is 2.30 bits per heavy atom. The van der Waals surface area contributed by atoms with Crippen LogP contribution in [0.1, 0.15) is 24.2 Å². The number of esters is 1. The minimum Gasteiger partial charge on any atom is -0.465 e. The van der Waals surface area contributed by atoms with Crippen LogP contribution >= 0.6 is 11.6 Å². The van der Waals surface area contributed by atoms with Crippen LogP contribution in [0.2, 0.25) is 5.02 Å². The fraction of sp³-hybridized carbons (Fsp3) is 0.312. The van der Waals surface area contributed by atoms with Gasteiger partial charge in [-0.25, -0.2) is 4.79 Å². The van der Waals surface area contributed by atoms with E-state index in [-0.39, 0.29) is 5.97 Å². The minimum absolute atomic E-state index is 0.357.